The van der Waals surface area contributed by atoms with Crippen molar-refractivity contribution in [3.63, 3.8) is 0 Å². The predicted octanol–water partition coefficient (Wildman–Crippen LogP) is 3.88. The molecule has 0 fully saturated rings. The number of aryl methyl sites for hydroxylation is 1. The molecular weight excluding hydrogens is 404 g/mol. The molecule has 0 saturated carbocycles. The van der Waals surface area contributed by atoms with Crippen molar-refractivity contribution in [3.8, 4) is 5.75 Å². The summed E-state index contributed by atoms with van der Waals surface area (Å²) in [5.41, 5.74) is 1.93. The van der Waals surface area contributed by atoms with Crippen LogP contribution in [0.3, 0.4) is 0 Å². The Kier molecular flexibility index (Phi) is 4.96. The van der Waals surface area contributed by atoms with E-state index in [1.807, 2.05) is 13.0 Å². The van der Waals surface area contributed by atoms with Crippen LogP contribution in [0.5, 0.6) is 5.75 Å². The minimum atomic E-state index is -4.76. The Morgan fingerprint density at radius 3 is 2.14 bits per heavy atom. The van der Waals surface area contributed by atoms with Gasteiger partial charge in [-0.2, -0.15) is 16.8 Å². The number of nitrogens with zero attached hydrogens (tertiary/aromatic N) is 2. The number of sulfonamides is 1. The van der Waals surface area contributed by atoms with E-state index in [-0.39, 0.29) is 10.8 Å². The van der Waals surface area contributed by atoms with E-state index in [0.717, 1.165) is 11.1 Å². The summed E-state index contributed by atoms with van der Waals surface area (Å²) in [6.45, 7) is 3.58. The minimum absolute atomic E-state index is 0.0204. The van der Waals surface area contributed by atoms with Crippen molar-refractivity contribution in [1.29, 1.82) is 0 Å². The van der Waals surface area contributed by atoms with Crippen LogP contribution in [0, 0.1) is 13.8 Å². The predicted molar refractivity (Wildman–Crippen MR) is 103 cm³/mol. The zero-order chi connectivity index (χ0) is 20.7. The van der Waals surface area contributed by atoms with Crippen LogP contribution < -0.4 is 0 Å². The van der Waals surface area contributed by atoms with Crippen molar-refractivity contribution in [3.05, 3.63) is 59.7 Å². The molecule has 3 aromatic carbocycles. The van der Waals surface area contributed by atoms with Gasteiger partial charge in [-0.1, -0.05) is 40.9 Å². The first kappa shape index (κ1) is 19.9. The Balaban J connectivity index is 2.24. The van der Waals surface area contributed by atoms with Crippen molar-refractivity contribution in [1.82, 2.24) is 0 Å². The van der Waals surface area contributed by atoms with Gasteiger partial charge >= 0.3 is 10.0 Å². The topological polar surface area (TPSA) is 133 Å². The minimum Gasteiger partial charge on any atom is -0.506 e. The van der Waals surface area contributed by atoms with Crippen molar-refractivity contribution < 1.29 is 26.5 Å². The fourth-order valence-corrected chi connectivity index (χ4v) is 4.40. The molecule has 0 aliphatic rings. The lowest BCUT2D eigenvalue weighted by molar-refractivity contribution is 0.463. The summed E-state index contributed by atoms with van der Waals surface area (Å²) >= 11 is 0. The van der Waals surface area contributed by atoms with Crippen LogP contribution in [0.4, 0.5) is 5.69 Å². The highest BCUT2D eigenvalue weighted by Crippen LogP contribution is 2.37. The molecule has 0 aromatic heterocycles. The Morgan fingerprint density at radius 2 is 1.50 bits per heavy atom. The van der Waals surface area contributed by atoms with E-state index in [2.05, 4.69) is 9.63 Å². The first-order chi connectivity index (χ1) is 13.0. The Hall–Kier alpha value is -2.82. The van der Waals surface area contributed by atoms with Gasteiger partial charge in [0.2, 0.25) is 0 Å². The third-order valence-corrected chi connectivity index (χ3v) is 6.39. The molecule has 8 nitrogen and oxygen atoms in total. The second-order valence-electron chi connectivity index (χ2n) is 6.12. The van der Waals surface area contributed by atoms with Gasteiger partial charge in [0.1, 0.15) is 15.5 Å². The van der Waals surface area contributed by atoms with Crippen LogP contribution in [-0.4, -0.2) is 26.5 Å². The summed E-state index contributed by atoms with van der Waals surface area (Å²) in [7, 11) is -9.32. The number of hydrogen-bond acceptors (Lipinski definition) is 6. The number of phenolic OH excluding ortho intramolecular Hbond substituents is 1. The standard InChI is InChI=1S/C18H16N2O6S2/c1-11-6-5-9-15(12(11)2)19-20-27(22,23)17-10-16(28(24,25)26)13-7-3-4-8-14(13)18(17)21/h3-10,21H,1-2H3,(H,24,25,26). The molecule has 0 atom stereocenters. The largest absolute Gasteiger partial charge is 0.506 e. The van der Waals surface area contributed by atoms with Gasteiger partial charge in [-0.3, -0.25) is 4.55 Å². The number of rotatable bonds is 4. The molecule has 0 radical (unpaired) electrons. The Morgan fingerprint density at radius 1 is 0.857 bits per heavy atom. The molecule has 28 heavy (non-hydrogen) atoms. The second kappa shape index (κ2) is 6.97. The lowest BCUT2D eigenvalue weighted by Gasteiger charge is -2.10. The zero-order valence-corrected chi connectivity index (χ0v) is 16.5. The smallest absolute Gasteiger partial charge is 0.303 e. The van der Waals surface area contributed by atoms with E-state index in [1.165, 1.54) is 24.3 Å². The number of hydrogen-bond donors (Lipinski definition) is 2. The number of aromatic hydroxyl groups is 1. The Labute approximate surface area is 162 Å². The second-order valence-corrected chi connectivity index (χ2v) is 9.06. The highest BCUT2D eigenvalue weighted by molar-refractivity contribution is 7.90. The van der Waals surface area contributed by atoms with E-state index in [0.29, 0.717) is 11.8 Å². The molecule has 0 spiro atoms. The van der Waals surface area contributed by atoms with E-state index >= 15 is 0 Å². The third kappa shape index (κ3) is 3.61. The van der Waals surface area contributed by atoms with Crippen LogP contribution in [0.1, 0.15) is 11.1 Å². The van der Waals surface area contributed by atoms with Crippen molar-refractivity contribution in [2.24, 2.45) is 9.63 Å². The van der Waals surface area contributed by atoms with E-state index in [4.69, 9.17) is 0 Å². The monoisotopic (exact) mass is 420 g/mol. The maximum Gasteiger partial charge on any atom is 0.303 e. The summed E-state index contributed by atoms with van der Waals surface area (Å²) in [6.07, 6.45) is 0. The van der Waals surface area contributed by atoms with Crippen LogP contribution in [-0.2, 0) is 20.1 Å². The molecule has 3 aromatic rings. The molecule has 0 bridgehead atoms. The van der Waals surface area contributed by atoms with Crippen molar-refractivity contribution in [2.75, 3.05) is 0 Å². The highest BCUT2D eigenvalue weighted by Gasteiger charge is 2.26. The molecule has 0 unspecified atom stereocenters. The Bertz CT molecular complexity index is 1330. The van der Waals surface area contributed by atoms with E-state index in [1.54, 1.807) is 19.1 Å². The summed E-state index contributed by atoms with van der Waals surface area (Å²) in [6, 6.07) is 11.4. The normalized spacial score (nSPS) is 12.7. The van der Waals surface area contributed by atoms with E-state index in [9.17, 15) is 26.5 Å². The van der Waals surface area contributed by atoms with E-state index < -0.39 is 35.7 Å². The maximum atomic E-state index is 12.6. The SMILES string of the molecule is Cc1cccc(N=NS(=O)(=O)c2cc(S(=O)(=O)O)c3ccccc3c2O)c1C. The van der Waals surface area contributed by atoms with Crippen molar-refractivity contribution >= 4 is 36.6 Å². The molecule has 0 saturated heterocycles. The van der Waals surface area contributed by atoms with Gasteiger partial charge < -0.3 is 5.11 Å². The summed E-state index contributed by atoms with van der Waals surface area (Å²) in [5.74, 6) is -0.678. The fraction of sp³-hybridized carbons (Fsp3) is 0.111. The van der Waals surface area contributed by atoms with Crippen LogP contribution in [0.25, 0.3) is 10.8 Å². The van der Waals surface area contributed by atoms with Gasteiger partial charge in [0, 0.05) is 10.8 Å². The molecule has 146 valence electrons. The average molecular weight is 420 g/mol. The third-order valence-electron chi connectivity index (χ3n) is 4.33. The van der Waals surface area contributed by atoms with Gasteiger partial charge in [0.25, 0.3) is 10.1 Å². The van der Waals surface area contributed by atoms with Crippen LogP contribution in [0.15, 0.2) is 68.0 Å². The molecule has 0 heterocycles. The molecule has 2 N–H and O–H groups in total. The first-order valence-corrected chi connectivity index (χ1v) is 10.9. The number of benzene rings is 3. The van der Waals surface area contributed by atoms with Crippen LogP contribution >= 0.6 is 0 Å². The van der Waals surface area contributed by atoms with Gasteiger partial charge in [0.15, 0.2) is 0 Å². The van der Waals surface area contributed by atoms with Crippen molar-refractivity contribution in [2.45, 2.75) is 23.6 Å². The zero-order valence-electron chi connectivity index (χ0n) is 14.9. The lowest BCUT2D eigenvalue weighted by atomic mass is 10.1. The molecule has 10 heteroatoms. The lowest BCUT2D eigenvalue weighted by Crippen LogP contribution is -2.04. The average Bonchev–Trinajstić information content (AvgIpc) is 2.62. The highest BCUT2D eigenvalue weighted by atomic mass is 32.2. The first-order valence-electron chi connectivity index (χ1n) is 7.99. The quantitative estimate of drug-likeness (QED) is 0.486. The number of phenols is 1. The van der Waals surface area contributed by atoms with Gasteiger partial charge in [0.05, 0.1) is 5.69 Å². The summed E-state index contributed by atoms with van der Waals surface area (Å²) < 4.78 is 61.6. The fourth-order valence-electron chi connectivity index (χ4n) is 2.70. The molecular formula is C18H16N2O6S2. The van der Waals surface area contributed by atoms with Gasteiger partial charge in [-0.25, -0.2) is 0 Å². The maximum absolute atomic E-state index is 12.6. The molecule has 0 aliphatic carbocycles. The number of fused-ring (bicyclic) bond motifs is 1. The summed E-state index contributed by atoms with van der Waals surface area (Å²) in [5, 5.41) is 14.1. The molecule has 0 aliphatic heterocycles. The molecule has 0 amide bonds. The van der Waals surface area contributed by atoms with Gasteiger partial charge in [-0.15, -0.1) is 5.11 Å². The summed E-state index contributed by atoms with van der Waals surface area (Å²) in [4.78, 5) is -1.42. The molecule has 3 rings (SSSR count). The van der Waals surface area contributed by atoms with Gasteiger partial charge in [-0.05, 0) is 37.1 Å². The van der Waals surface area contributed by atoms with Crippen LogP contribution in [0.2, 0.25) is 0 Å².